The number of aryl methyl sites for hydroxylation is 1. The van der Waals surface area contributed by atoms with E-state index in [0.29, 0.717) is 16.6 Å². The molecule has 1 saturated heterocycles. The Morgan fingerprint density at radius 3 is 2.49 bits per heavy atom. The van der Waals surface area contributed by atoms with Crippen LogP contribution in [-0.4, -0.2) is 46.5 Å². The molecule has 2 N–H and O–H groups in total. The summed E-state index contributed by atoms with van der Waals surface area (Å²) < 4.78 is 20.0. The highest BCUT2D eigenvalue weighted by molar-refractivity contribution is 6.11. The van der Waals surface area contributed by atoms with E-state index in [1.807, 2.05) is 31.2 Å². The van der Waals surface area contributed by atoms with Crippen LogP contribution in [0.5, 0.6) is 5.75 Å². The number of aromatic amines is 1. The van der Waals surface area contributed by atoms with Crippen LogP contribution in [0.3, 0.4) is 0 Å². The number of aromatic hydroxyl groups is 1. The molecule has 0 spiro atoms. The normalized spacial score (nSPS) is 13.5. The minimum Gasteiger partial charge on any atom is -0.508 e. The van der Waals surface area contributed by atoms with Crippen LogP contribution in [0.1, 0.15) is 35.3 Å². The summed E-state index contributed by atoms with van der Waals surface area (Å²) >= 11 is 0. The van der Waals surface area contributed by atoms with Gasteiger partial charge in [-0.2, -0.15) is 5.10 Å². The van der Waals surface area contributed by atoms with E-state index in [1.165, 1.54) is 38.5 Å². The first kappa shape index (κ1) is 24.5. The number of carbonyl (C=O) groups excluding carboxylic acids is 1. The van der Waals surface area contributed by atoms with Crippen molar-refractivity contribution in [2.75, 3.05) is 25.1 Å². The molecule has 4 aromatic rings. The van der Waals surface area contributed by atoms with Crippen LogP contribution < -0.4 is 4.90 Å². The molecule has 2 aromatic carbocycles. The summed E-state index contributed by atoms with van der Waals surface area (Å²) in [5, 5.41) is 17.6. The van der Waals surface area contributed by atoms with Gasteiger partial charge in [0.05, 0.1) is 23.8 Å². The third kappa shape index (κ3) is 4.41. The van der Waals surface area contributed by atoms with E-state index in [1.54, 1.807) is 0 Å². The monoisotopic (exact) mass is 496 g/mol. The second-order valence-electron chi connectivity index (χ2n) is 8.51. The Hall–Kier alpha value is -3.65. The lowest BCUT2D eigenvalue weighted by Gasteiger charge is -2.29. The number of fused-ring (bicyclic) bond motifs is 1. The van der Waals surface area contributed by atoms with Crippen molar-refractivity contribution in [1.29, 1.82) is 0 Å². The van der Waals surface area contributed by atoms with Gasteiger partial charge >= 0.3 is 5.97 Å². The van der Waals surface area contributed by atoms with Gasteiger partial charge in [0.15, 0.2) is 5.65 Å². The minimum absolute atomic E-state index is 0. The van der Waals surface area contributed by atoms with E-state index in [9.17, 15) is 14.3 Å². The van der Waals surface area contributed by atoms with E-state index in [-0.39, 0.29) is 35.0 Å². The van der Waals surface area contributed by atoms with Crippen molar-refractivity contribution in [3.63, 3.8) is 0 Å². The van der Waals surface area contributed by atoms with Crippen molar-refractivity contribution in [2.45, 2.75) is 26.2 Å². The Labute approximate surface area is 208 Å². The molecule has 0 amide bonds. The number of phenolic OH excluding ortho intramolecular Hbond substituents is 1. The fraction of sp³-hybridized carbons (Fsp3) is 0.269. The number of phenols is 1. The number of anilines is 1. The summed E-state index contributed by atoms with van der Waals surface area (Å²) in [6, 6.07) is 11.8. The van der Waals surface area contributed by atoms with Gasteiger partial charge in [-0.1, -0.05) is 12.1 Å². The van der Waals surface area contributed by atoms with Crippen LogP contribution in [0, 0.1) is 12.7 Å². The number of carbonyl (C=O) groups is 1. The zero-order valence-electron chi connectivity index (χ0n) is 19.5. The van der Waals surface area contributed by atoms with Gasteiger partial charge in [0.2, 0.25) is 0 Å². The molecule has 5 rings (SSSR count). The zero-order chi connectivity index (χ0) is 23.8. The Morgan fingerprint density at radius 2 is 1.83 bits per heavy atom. The second-order valence-corrected chi connectivity index (χ2v) is 8.51. The number of methoxy groups -OCH3 is 1. The number of rotatable bonds is 4. The van der Waals surface area contributed by atoms with Gasteiger partial charge in [0.1, 0.15) is 11.6 Å². The molecule has 0 atom stereocenters. The van der Waals surface area contributed by atoms with E-state index in [0.717, 1.165) is 36.1 Å². The van der Waals surface area contributed by atoms with Gasteiger partial charge < -0.3 is 14.7 Å². The number of ether oxygens (including phenoxy) is 1. The van der Waals surface area contributed by atoms with E-state index >= 15 is 0 Å². The van der Waals surface area contributed by atoms with Crippen molar-refractivity contribution < 1.29 is 19.0 Å². The summed E-state index contributed by atoms with van der Waals surface area (Å²) in [5.41, 5.74) is 3.92. The van der Waals surface area contributed by atoms with Crippen molar-refractivity contribution in [1.82, 2.24) is 15.2 Å². The van der Waals surface area contributed by atoms with E-state index < -0.39 is 11.8 Å². The number of hydrogen-bond donors (Lipinski definition) is 2. The minimum atomic E-state index is -0.698. The van der Waals surface area contributed by atoms with Crippen molar-refractivity contribution in [3.8, 4) is 28.1 Å². The number of nitrogens with one attached hydrogen (secondary N) is 1. The van der Waals surface area contributed by atoms with E-state index in [2.05, 4.69) is 20.1 Å². The van der Waals surface area contributed by atoms with Crippen LogP contribution in [-0.2, 0) is 4.74 Å². The third-order valence-corrected chi connectivity index (χ3v) is 6.36. The highest BCUT2D eigenvalue weighted by atomic mass is 35.5. The van der Waals surface area contributed by atoms with Crippen LogP contribution in [0.15, 0.2) is 42.5 Å². The molecule has 0 unspecified atom stereocenters. The maximum Gasteiger partial charge on any atom is 0.340 e. The molecule has 0 saturated carbocycles. The van der Waals surface area contributed by atoms with Crippen LogP contribution in [0.4, 0.5) is 10.1 Å². The molecular formula is C26H26ClFN4O3. The fourth-order valence-electron chi connectivity index (χ4n) is 4.67. The van der Waals surface area contributed by atoms with Crippen molar-refractivity contribution in [3.05, 3.63) is 59.5 Å². The number of esters is 1. The third-order valence-electron chi connectivity index (χ3n) is 6.36. The van der Waals surface area contributed by atoms with Gasteiger partial charge in [-0.15, -0.1) is 12.4 Å². The maximum absolute atomic E-state index is 14.9. The lowest BCUT2D eigenvalue weighted by Crippen LogP contribution is -2.29. The SMILES string of the molecule is COC(=O)c1c(-c2ccc(O)cc2F)nc2n[nH]c(C)c2c1-c1ccc(N2CCCCC2)cc1.Cl. The zero-order valence-corrected chi connectivity index (χ0v) is 20.3. The predicted molar refractivity (Wildman–Crippen MR) is 136 cm³/mol. The molecule has 2 aromatic heterocycles. The number of aromatic nitrogens is 3. The molecule has 9 heteroatoms. The second kappa shape index (κ2) is 9.92. The molecule has 0 bridgehead atoms. The Balaban J connectivity index is 0.00000289. The van der Waals surface area contributed by atoms with Gasteiger partial charge in [-0.25, -0.2) is 14.2 Å². The number of H-pyrrole nitrogens is 1. The molecule has 0 aliphatic carbocycles. The molecule has 3 heterocycles. The summed E-state index contributed by atoms with van der Waals surface area (Å²) in [6.07, 6.45) is 3.60. The molecule has 182 valence electrons. The molecule has 7 nitrogen and oxygen atoms in total. The van der Waals surface area contributed by atoms with Gasteiger partial charge in [0, 0.05) is 41.7 Å². The smallest absolute Gasteiger partial charge is 0.340 e. The molecule has 1 fully saturated rings. The summed E-state index contributed by atoms with van der Waals surface area (Å²) in [6.45, 7) is 3.90. The number of hydrogen-bond acceptors (Lipinski definition) is 6. The summed E-state index contributed by atoms with van der Waals surface area (Å²) in [5.74, 6) is -1.55. The Bertz CT molecular complexity index is 1380. The average Bonchev–Trinajstić information content (AvgIpc) is 3.23. The first-order valence-corrected chi connectivity index (χ1v) is 11.3. The topological polar surface area (TPSA) is 91.3 Å². The van der Waals surface area contributed by atoms with Crippen molar-refractivity contribution in [2.24, 2.45) is 0 Å². The largest absolute Gasteiger partial charge is 0.508 e. The van der Waals surface area contributed by atoms with Gasteiger partial charge in [-0.3, -0.25) is 5.10 Å². The Morgan fingerprint density at radius 1 is 1.11 bits per heavy atom. The van der Waals surface area contributed by atoms with E-state index in [4.69, 9.17) is 4.74 Å². The fourth-order valence-corrected chi connectivity index (χ4v) is 4.67. The van der Waals surface area contributed by atoms with Crippen LogP contribution >= 0.6 is 12.4 Å². The van der Waals surface area contributed by atoms with Gasteiger partial charge in [0.25, 0.3) is 0 Å². The lowest BCUT2D eigenvalue weighted by atomic mass is 9.92. The summed E-state index contributed by atoms with van der Waals surface area (Å²) in [7, 11) is 1.29. The predicted octanol–water partition coefficient (Wildman–Crippen LogP) is 5.64. The standard InChI is InChI=1S/C26H25FN4O3.ClH/c1-15-21-22(16-6-8-17(9-7-16)31-12-4-3-5-13-31)23(26(33)34-2)24(28-25(21)30-29-15)19-11-10-18(32)14-20(19)27;/h6-11,14,32H,3-5,12-13H2,1-2H3,(H,28,29,30);1H. The van der Waals surface area contributed by atoms with Crippen LogP contribution in [0.2, 0.25) is 0 Å². The average molecular weight is 497 g/mol. The lowest BCUT2D eigenvalue weighted by molar-refractivity contribution is 0.0602. The molecule has 35 heavy (non-hydrogen) atoms. The number of benzene rings is 2. The first-order chi connectivity index (χ1) is 16.5. The van der Waals surface area contributed by atoms with Gasteiger partial charge in [-0.05, 0) is 56.0 Å². The molecular weight excluding hydrogens is 471 g/mol. The molecule has 0 radical (unpaired) electrons. The van der Waals surface area contributed by atoms with Crippen molar-refractivity contribution >= 4 is 35.1 Å². The number of pyridine rings is 1. The highest BCUT2D eigenvalue weighted by Gasteiger charge is 2.27. The van der Waals surface area contributed by atoms with Crippen LogP contribution in [0.25, 0.3) is 33.4 Å². The quantitative estimate of drug-likeness (QED) is 0.355. The Kier molecular flexibility index (Phi) is 6.93. The molecule has 1 aliphatic heterocycles. The number of nitrogens with zero attached hydrogens (tertiary/aromatic N) is 3. The number of piperidine rings is 1. The number of halogens is 2. The maximum atomic E-state index is 14.9. The summed E-state index contributed by atoms with van der Waals surface area (Å²) in [4.78, 5) is 20.0. The molecule has 1 aliphatic rings. The highest BCUT2D eigenvalue weighted by Crippen LogP contribution is 2.40. The first-order valence-electron chi connectivity index (χ1n) is 11.3.